The van der Waals surface area contributed by atoms with Crippen molar-refractivity contribution >= 4 is 17.3 Å². The van der Waals surface area contributed by atoms with Crippen molar-refractivity contribution in [3.63, 3.8) is 0 Å². The normalized spacial score (nSPS) is 19.4. The molecule has 88 valence electrons. The SMILES string of the molecule is OCC1CNc2c(Cl)ccc(C(F)(F)F)c21. The minimum atomic E-state index is -4.42. The number of halogens is 4. The molecule has 0 fully saturated rings. The van der Waals surface area contributed by atoms with Crippen molar-refractivity contribution in [3.05, 3.63) is 28.3 Å². The smallest absolute Gasteiger partial charge is 0.396 e. The van der Waals surface area contributed by atoms with Gasteiger partial charge in [0.2, 0.25) is 0 Å². The highest BCUT2D eigenvalue weighted by Crippen LogP contribution is 2.44. The van der Waals surface area contributed by atoms with Gasteiger partial charge in [-0.2, -0.15) is 13.2 Å². The van der Waals surface area contributed by atoms with Crippen LogP contribution in [0.5, 0.6) is 0 Å². The van der Waals surface area contributed by atoms with Crippen molar-refractivity contribution in [2.24, 2.45) is 0 Å². The molecule has 0 radical (unpaired) electrons. The maximum Gasteiger partial charge on any atom is 0.416 e. The van der Waals surface area contributed by atoms with Gasteiger partial charge in [0.05, 0.1) is 22.9 Å². The fourth-order valence-electron chi connectivity index (χ4n) is 1.93. The summed E-state index contributed by atoms with van der Waals surface area (Å²) in [5.74, 6) is -0.551. The van der Waals surface area contributed by atoms with Crippen LogP contribution in [0.1, 0.15) is 17.0 Å². The molecule has 0 amide bonds. The molecule has 1 aliphatic heterocycles. The van der Waals surface area contributed by atoms with Gasteiger partial charge >= 0.3 is 6.18 Å². The summed E-state index contributed by atoms with van der Waals surface area (Å²) in [4.78, 5) is 0. The summed E-state index contributed by atoms with van der Waals surface area (Å²) in [6.45, 7) is -0.0535. The van der Waals surface area contributed by atoms with E-state index in [1.165, 1.54) is 6.07 Å². The fraction of sp³-hybridized carbons (Fsp3) is 0.400. The first kappa shape index (κ1) is 11.5. The highest BCUT2D eigenvalue weighted by molar-refractivity contribution is 6.33. The lowest BCUT2D eigenvalue weighted by Gasteiger charge is -2.15. The zero-order valence-electron chi connectivity index (χ0n) is 8.11. The fourth-order valence-corrected chi connectivity index (χ4v) is 2.16. The summed E-state index contributed by atoms with van der Waals surface area (Å²) in [5, 5.41) is 12.1. The molecule has 6 heteroatoms. The number of aliphatic hydroxyl groups is 1. The number of fused-ring (bicyclic) bond motifs is 1. The van der Waals surface area contributed by atoms with Crippen molar-refractivity contribution in [3.8, 4) is 0 Å². The maximum absolute atomic E-state index is 12.7. The number of anilines is 1. The van der Waals surface area contributed by atoms with E-state index in [0.717, 1.165) is 6.07 Å². The van der Waals surface area contributed by atoms with Gasteiger partial charge in [-0.25, -0.2) is 0 Å². The molecule has 1 atom stereocenters. The van der Waals surface area contributed by atoms with E-state index in [4.69, 9.17) is 16.7 Å². The summed E-state index contributed by atoms with van der Waals surface area (Å²) in [6, 6.07) is 2.17. The predicted molar refractivity (Wildman–Crippen MR) is 54.8 cm³/mol. The van der Waals surface area contributed by atoms with Crippen LogP contribution < -0.4 is 5.32 Å². The third-order valence-electron chi connectivity index (χ3n) is 2.65. The summed E-state index contributed by atoms with van der Waals surface area (Å²) < 4.78 is 38.2. The summed E-state index contributed by atoms with van der Waals surface area (Å²) in [7, 11) is 0. The van der Waals surface area contributed by atoms with Gasteiger partial charge in [0.1, 0.15) is 0 Å². The Bertz CT molecular complexity index is 419. The van der Waals surface area contributed by atoms with E-state index < -0.39 is 17.7 Å². The average molecular weight is 252 g/mol. The molecule has 2 nitrogen and oxygen atoms in total. The maximum atomic E-state index is 12.7. The number of nitrogens with one attached hydrogen (secondary N) is 1. The van der Waals surface area contributed by atoms with Gasteiger partial charge in [0.25, 0.3) is 0 Å². The molecule has 0 saturated carbocycles. The molecule has 2 N–H and O–H groups in total. The van der Waals surface area contributed by atoms with Gasteiger partial charge in [0, 0.05) is 12.5 Å². The van der Waals surface area contributed by atoms with Crippen molar-refractivity contribution < 1.29 is 18.3 Å². The van der Waals surface area contributed by atoms with Crippen molar-refractivity contribution in [2.45, 2.75) is 12.1 Å². The summed E-state index contributed by atoms with van der Waals surface area (Å²) >= 11 is 5.80. The Labute approximate surface area is 95.0 Å². The van der Waals surface area contributed by atoms with Crippen LogP contribution in [-0.2, 0) is 6.18 Å². The van der Waals surface area contributed by atoms with Crippen molar-refractivity contribution in [1.82, 2.24) is 0 Å². The van der Waals surface area contributed by atoms with Gasteiger partial charge in [-0.1, -0.05) is 11.6 Å². The van der Waals surface area contributed by atoms with Gasteiger partial charge in [0.15, 0.2) is 0 Å². The van der Waals surface area contributed by atoms with E-state index in [1.54, 1.807) is 0 Å². The molecule has 0 aliphatic carbocycles. The predicted octanol–water partition coefficient (Wildman–Crippen LogP) is 2.86. The van der Waals surface area contributed by atoms with E-state index in [2.05, 4.69) is 5.32 Å². The van der Waals surface area contributed by atoms with E-state index >= 15 is 0 Å². The van der Waals surface area contributed by atoms with Gasteiger partial charge < -0.3 is 10.4 Å². The zero-order chi connectivity index (χ0) is 11.9. The van der Waals surface area contributed by atoms with E-state index in [0.29, 0.717) is 0 Å². The second-order valence-electron chi connectivity index (χ2n) is 3.64. The minimum absolute atomic E-state index is 0.0718. The van der Waals surface area contributed by atoms with E-state index in [9.17, 15) is 13.2 Å². The number of aliphatic hydroxyl groups excluding tert-OH is 1. The summed E-state index contributed by atoms with van der Waals surface area (Å²) in [5.41, 5.74) is -0.367. The standard InChI is InChI=1S/C10H9ClF3NO/c11-7-2-1-6(10(12,13)14)8-5(4-16)3-15-9(7)8/h1-2,5,15-16H,3-4H2. The van der Waals surface area contributed by atoms with Gasteiger partial charge in [-0.15, -0.1) is 0 Å². The van der Waals surface area contributed by atoms with E-state index in [-0.39, 0.29) is 29.4 Å². The van der Waals surface area contributed by atoms with Crippen LogP contribution in [0.3, 0.4) is 0 Å². The Morgan fingerprint density at radius 1 is 1.44 bits per heavy atom. The first-order valence-corrected chi connectivity index (χ1v) is 5.07. The Morgan fingerprint density at radius 3 is 2.69 bits per heavy atom. The molecule has 0 saturated heterocycles. The second kappa shape index (κ2) is 3.82. The van der Waals surface area contributed by atoms with Gasteiger partial charge in [-0.05, 0) is 17.7 Å². The average Bonchev–Trinajstić information content (AvgIpc) is 2.60. The lowest BCUT2D eigenvalue weighted by molar-refractivity contribution is -0.138. The Balaban J connectivity index is 2.61. The molecule has 0 aromatic heterocycles. The van der Waals surface area contributed by atoms with Crippen LogP contribution in [0.4, 0.5) is 18.9 Å². The van der Waals surface area contributed by atoms with Crippen LogP contribution in [0.25, 0.3) is 0 Å². The van der Waals surface area contributed by atoms with Crippen molar-refractivity contribution in [1.29, 1.82) is 0 Å². The lowest BCUT2D eigenvalue weighted by atomic mass is 9.96. The molecule has 0 bridgehead atoms. The zero-order valence-corrected chi connectivity index (χ0v) is 8.86. The molecular formula is C10H9ClF3NO. The number of hydrogen-bond donors (Lipinski definition) is 2. The highest BCUT2D eigenvalue weighted by Gasteiger charge is 2.39. The van der Waals surface area contributed by atoms with Crippen LogP contribution in [0.2, 0.25) is 5.02 Å². The van der Waals surface area contributed by atoms with E-state index in [1.807, 2.05) is 0 Å². The molecule has 1 aliphatic rings. The first-order chi connectivity index (χ1) is 7.45. The molecule has 2 rings (SSSR count). The van der Waals surface area contributed by atoms with Gasteiger partial charge in [-0.3, -0.25) is 0 Å². The minimum Gasteiger partial charge on any atom is -0.396 e. The summed E-state index contributed by atoms with van der Waals surface area (Å²) in [6.07, 6.45) is -4.42. The number of alkyl halides is 3. The van der Waals surface area contributed by atoms with Crippen LogP contribution >= 0.6 is 11.6 Å². The molecule has 1 aromatic carbocycles. The Kier molecular flexibility index (Phi) is 2.75. The quantitative estimate of drug-likeness (QED) is 0.804. The molecule has 1 aromatic rings. The second-order valence-corrected chi connectivity index (χ2v) is 4.05. The number of benzene rings is 1. The monoisotopic (exact) mass is 251 g/mol. The Morgan fingerprint density at radius 2 is 2.12 bits per heavy atom. The Hall–Kier alpha value is -0.940. The molecule has 1 unspecified atom stereocenters. The topological polar surface area (TPSA) is 32.3 Å². The third-order valence-corrected chi connectivity index (χ3v) is 2.97. The molecule has 0 spiro atoms. The molecule has 1 heterocycles. The third kappa shape index (κ3) is 1.74. The first-order valence-electron chi connectivity index (χ1n) is 4.69. The highest BCUT2D eigenvalue weighted by atomic mass is 35.5. The molecular weight excluding hydrogens is 243 g/mol. The van der Waals surface area contributed by atoms with Crippen LogP contribution in [0.15, 0.2) is 12.1 Å². The molecule has 16 heavy (non-hydrogen) atoms. The number of rotatable bonds is 1. The largest absolute Gasteiger partial charge is 0.416 e. The van der Waals surface area contributed by atoms with Crippen LogP contribution in [-0.4, -0.2) is 18.3 Å². The lowest BCUT2D eigenvalue weighted by Crippen LogP contribution is -2.13. The van der Waals surface area contributed by atoms with Crippen LogP contribution in [0, 0.1) is 0 Å². The number of hydrogen-bond acceptors (Lipinski definition) is 2. The van der Waals surface area contributed by atoms with Crippen molar-refractivity contribution in [2.75, 3.05) is 18.5 Å².